The van der Waals surface area contributed by atoms with Gasteiger partial charge in [0.1, 0.15) is 5.82 Å². The fraction of sp³-hybridized carbons (Fsp3) is 0.538. The molecular weight excluding hydrogens is 219 g/mol. The van der Waals surface area contributed by atoms with E-state index >= 15 is 0 Å². The zero-order valence-electron chi connectivity index (χ0n) is 10.2. The quantitative estimate of drug-likeness (QED) is 0.864. The lowest BCUT2D eigenvalue weighted by atomic mass is 10.1. The SMILES string of the molecule is CN(Cc1ccc(F)cc1CN)C1CCOC1. The number of ether oxygens (including phenoxy) is 1. The van der Waals surface area contributed by atoms with Crippen molar-refractivity contribution in [2.24, 2.45) is 5.73 Å². The highest BCUT2D eigenvalue weighted by Gasteiger charge is 2.20. The maximum absolute atomic E-state index is 13.1. The molecule has 1 fully saturated rings. The molecule has 0 amide bonds. The number of hydrogen-bond donors (Lipinski definition) is 1. The third kappa shape index (κ3) is 3.03. The van der Waals surface area contributed by atoms with Crippen molar-refractivity contribution in [3.63, 3.8) is 0 Å². The molecule has 2 N–H and O–H groups in total. The molecule has 2 rings (SSSR count). The summed E-state index contributed by atoms with van der Waals surface area (Å²) in [5.41, 5.74) is 7.62. The molecule has 1 aliphatic rings. The Bertz CT molecular complexity index is 378. The van der Waals surface area contributed by atoms with Crippen molar-refractivity contribution in [2.45, 2.75) is 25.6 Å². The van der Waals surface area contributed by atoms with Gasteiger partial charge in [0.25, 0.3) is 0 Å². The number of nitrogens with two attached hydrogens (primary N) is 1. The van der Waals surface area contributed by atoms with Crippen LogP contribution in [0.4, 0.5) is 4.39 Å². The Labute approximate surface area is 101 Å². The average Bonchev–Trinajstić information content (AvgIpc) is 2.85. The molecule has 17 heavy (non-hydrogen) atoms. The summed E-state index contributed by atoms with van der Waals surface area (Å²) >= 11 is 0. The van der Waals surface area contributed by atoms with Gasteiger partial charge in [0.2, 0.25) is 0 Å². The van der Waals surface area contributed by atoms with Crippen LogP contribution in [-0.2, 0) is 17.8 Å². The number of hydrogen-bond acceptors (Lipinski definition) is 3. The lowest BCUT2D eigenvalue weighted by Crippen LogP contribution is -2.31. The van der Waals surface area contributed by atoms with Crippen LogP contribution in [0, 0.1) is 5.82 Å². The predicted molar refractivity (Wildman–Crippen MR) is 65.0 cm³/mol. The minimum Gasteiger partial charge on any atom is -0.380 e. The highest BCUT2D eigenvalue weighted by Crippen LogP contribution is 2.17. The van der Waals surface area contributed by atoms with E-state index in [4.69, 9.17) is 10.5 Å². The van der Waals surface area contributed by atoms with Crippen LogP contribution in [0.25, 0.3) is 0 Å². The second-order valence-electron chi connectivity index (χ2n) is 4.55. The van der Waals surface area contributed by atoms with E-state index in [1.807, 2.05) is 6.07 Å². The molecule has 0 saturated carbocycles. The summed E-state index contributed by atoms with van der Waals surface area (Å²) in [4.78, 5) is 2.25. The third-order valence-corrected chi connectivity index (χ3v) is 3.34. The van der Waals surface area contributed by atoms with Gasteiger partial charge in [0.05, 0.1) is 6.61 Å². The molecule has 0 aromatic heterocycles. The first-order valence-electron chi connectivity index (χ1n) is 5.96. The molecule has 0 spiro atoms. The standard InChI is InChI=1S/C13H19FN2O/c1-16(13-4-5-17-9-13)8-10-2-3-12(14)6-11(10)7-15/h2-3,6,13H,4-5,7-9,15H2,1H3. The van der Waals surface area contributed by atoms with Crippen molar-refractivity contribution in [1.29, 1.82) is 0 Å². The molecule has 3 nitrogen and oxygen atoms in total. The topological polar surface area (TPSA) is 38.5 Å². The summed E-state index contributed by atoms with van der Waals surface area (Å²) in [5, 5.41) is 0. The first-order valence-corrected chi connectivity index (χ1v) is 5.96. The van der Waals surface area contributed by atoms with Gasteiger partial charge in [-0.1, -0.05) is 6.07 Å². The fourth-order valence-corrected chi connectivity index (χ4v) is 2.21. The van der Waals surface area contributed by atoms with Crippen molar-refractivity contribution in [1.82, 2.24) is 4.90 Å². The van der Waals surface area contributed by atoms with Gasteiger partial charge < -0.3 is 10.5 Å². The molecule has 0 aliphatic carbocycles. The van der Waals surface area contributed by atoms with E-state index in [0.29, 0.717) is 12.6 Å². The van der Waals surface area contributed by atoms with E-state index in [2.05, 4.69) is 11.9 Å². The minimum absolute atomic E-state index is 0.221. The molecule has 1 unspecified atom stereocenters. The van der Waals surface area contributed by atoms with Crippen LogP contribution < -0.4 is 5.73 Å². The Hall–Kier alpha value is -0.970. The largest absolute Gasteiger partial charge is 0.380 e. The van der Waals surface area contributed by atoms with Crippen LogP contribution in [0.5, 0.6) is 0 Å². The summed E-state index contributed by atoms with van der Waals surface area (Å²) in [6.07, 6.45) is 1.07. The second-order valence-corrected chi connectivity index (χ2v) is 4.55. The Balaban J connectivity index is 2.06. The third-order valence-electron chi connectivity index (χ3n) is 3.34. The van der Waals surface area contributed by atoms with Gasteiger partial charge in [0.15, 0.2) is 0 Å². The average molecular weight is 238 g/mol. The van der Waals surface area contributed by atoms with Crippen molar-refractivity contribution in [2.75, 3.05) is 20.3 Å². The van der Waals surface area contributed by atoms with Gasteiger partial charge in [0, 0.05) is 25.7 Å². The van der Waals surface area contributed by atoms with Gasteiger partial charge in [-0.15, -0.1) is 0 Å². The van der Waals surface area contributed by atoms with E-state index < -0.39 is 0 Å². The number of rotatable bonds is 4. The molecule has 1 saturated heterocycles. The summed E-state index contributed by atoms with van der Waals surface area (Å²) in [6, 6.07) is 5.30. The highest BCUT2D eigenvalue weighted by molar-refractivity contribution is 5.27. The fourth-order valence-electron chi connectivity index (χ4n) is 2.21. The molecule has 1 atom stereocenters. The normalized spacial score (nSPS) is 20.1. The van der Waals surface area contributed by atoms with Crippen LogP contribution in [-0.4, -0.2) is 31.2 Å². The van der Waals surface area contributed by atoms with Crippen LogP contribution in [0.3, 0.4) is 0 Å². The number of halogens is 1. The van der Waals surface area contributed by atoms with Gasteiger partial charge in [-0.05, 0) is 36.7 Å². The molecule has 4 heteroatoms. The van der Waals surface area contributed by atoms with Crippen LogP contribution >= 0.6 is 0 Å². The molecule has 1 aromatic carbocycles. The van der Waals surface area contributed by atoms with Crippen molar-refractivity contribution >= 4 is 0 Å². The summed E-state index contributed by atoms with van der Waals surface area (Å²) in [6.45, 7) is 2.79. The molecule has 1 heterocycles. The summed E-state index contributed by atoms with van der Waals surface area (Å²) in [5.74, 6) is -0.221. The van der Waals surface area contributed by atoms with Gasteiger partial charge in [-0.3, -0.25) is 4.90 Å². The first kappa shape index (κ1) is 12.5. The Morgan fingerprint density at radius 1 is 1.47 bits per heavy atom. The maximum Gasteiger partial charge on any atom is 0.123 e. The maximum atomic E-state index is 13.1. The van der Waals surface area contributed by atoms with Gasteiger partial charge in [-0.2, -0.15) is 0 Å². The summed E-state index contributed by atoms with van der Waals surface area (Å²) < 4.78 is 18.4. The zero-order valence-corrected chi connectivity index (χ0v) is 10.2. The number of benzene rings is 1. The van der Waals surface area contributed by atoms with Crippen LogP contribution in [0.1, 0.15) is 17.5 Å². The molecule has 1 aromatic rings. The van der Waals surface area contributed by atoms with Crippen molar-refractivity contribution in [3.8, 4) is 0 Å². The molecule has 0 bridgehead atoms. The van der Waals surface area contributed by atoms with Gasteiger partial charge >= 0.3 is 0 Å². The Kier molecular flexibility index (Phi) is 4.10. The number of nitrogens with zero attached hydrogens (tertiary/aromatic N) is 1. The predicted octanol–water partition coefficient (Wildman–Crippen LogP) is 1.51. The molecular formula is C13H19FN2O. The molecule has 94 valence electrons. The first-order chi connectivity index (χ1) is 8.20. The van der Waals surface area contributed by atoms with E-state index in [1.165, 1.54) is 12.1 Å². The van der Waals surface area contributed by atoms with E-state index in [-0.39, 0.29) is 5.82 Å². The monoisotopic (exact) mass is 238 g/mol. The number of likely N-dealkylation sites (N-methyl/N-ethyl adjacent to an activating group) is 1. The second kappa shape index (κ2) is 5.58. The lowest BCUT2D eigenvalue weighted by molar-refractivity contribution is 0.156. The van der Waals surface area contributed by atoms with E-state index in [0.717, 1.165) is 37.3 Å². The highest BCUT2D eigenvalue weighted by atomic mass is 19.1. The van der Waals surface area contributed by atoms with Crippen LogP contribution in [0.15, 0.2) is 18.2 Å². The van der Waals surface area contributed by atoms with E-state index in [1.54, 1.807) is 0 Å². The van der Waals surface area contributed by atoms with E-state index in [9.17, 15) is 4.39 Å². The van der Waals surface area contributed by atoms with Gasteiger partial charge in [-0.25, -0.2) is 4.39 Å². The smallest absolute Gasteiger partial charge is 0.123 e. The lowest BCUT2D eigenvalue weighted by Gasteiger charge is -2.24. The minimum atomic E-state index is -0.221. The molecule has 0 radical (unpaired) electrons. The van der Waals surface area contributed by atoms with Crippen LogP contribution in [0.2, 0.25) is 0 Å². The summed E-state index contributed by atoms with van der Waals surface area (Å²) in [7, 11) is 2.07. The molecule has 1 aliphatic heterocycles. The Morgan fingerprint density at radius 2 is 2.29 bits per heavy atom. The van der Waals surface area contributed by atoms with Crippen molar-refractivity contribution < 1.29 is 9.13 Å². The van der Waals surface area contributed by atoms with Crippen molar-refractivity contribution in [3.05, 3.63) is 35.1 Å². The Morgan fingerprint density at radius 3 is 2.94 bits per heavy atom. The zero-order chi connectivity index (χ0) is 12.3.